The van der Waals surface area contributed by atoms with E-state index in [0.29, 0.717) is 15.7 Å². The van der Waals surface area contributed by atoms with Gasteiger partial charge in [-0.1, -0.05) is 6.07 Å². The maximum atomic E-state index is 13.2. The normalized spacial score (nSPS) is 11.3. The maximum Gasteiger partial charge on any atom is 0.262 e. The standard InChI is InChI=1S/C12H10BrFN2O2S/c1-8-2-3-9(14)6-12(8)19(17,18)16-11-4-5-15-7-10(11)13/h2-7H,1H3,(H,15,16). The van der Waals surface area contributed by atoms with E-state index in [9.17, 15) is 12.8 Å². The molecule has 1 heterocycles. The fraction of sp³-hybridized carbons (Fsp3) is 0.0833. The number of benzene rings is 1. The number of aromatic nitrogens is 1. The number of nitrogens with one attached hydrogen (secondary N) is 1. The van der Waals surface area contributed by atoms with Gasteiger partial charge in [-0.25, -0.2) is 12.8 Å². The van der Waals surface area contributed by atoms with Crippen molar-refractivity contribution in [3.63, 3.8) is 0 Å². The first-order valence-electron chi connectivity index (χ1n) is 5.28. The van der Waals surface area contributed by atoms with Gasteiger partial charge in [-0.15, -0.1) is 0 Å². The number of aryl methyl sites for hydroxylation is 1. The van der Waals surface area contributed by atoms with E-state index in [1.807, 2.05) is 0 Å². The average Bonchev–Trinajstić information content (AvgIpc) is 2.35. The third-order valence-electron chi connectivity index (χ3n) is 2.46. The Morgan fingerprint density at radius 1 is 1.32 bits per heavy atom. The Balaban J connectivity index is 2.44. The van der Waals surface area contributed by atoms with Gasteiger partial charge in [0.05, 0.1) is 15.1 Å². The highest BCUT2D eigenvalue weighted by molar-refractivity contribution is 9.10. The minimum atomic E-state index is -3.84. The van der Waals surface area contributed by atoms with Gasteiger partial charge < -0.3 is 0 Å². The SMILES string of the molecule is Cc1ccc(F)cc1S(=O)(=O)Nc1ccncc1Br. The summed E-state index contributed by atoms with van der Waals surface area (Å²) in [7, 11) is -3.84. The van der Waals surface area contributed by atoms with Crippen LogP contribution in [-0.4, -0.2) is 13.4 Å². The number of rotatable bonds is 3. The average molecular weight is 345 g/mol. The van der Waals surface area contributed by atoms with Crippen molar-refractivity contribution >= 4 is 31.6 Å². The molecule has 2 aromatic rings. The van der Waals surface area contributed by atoms with Crippen LogP contribution in [0.2, 0.25) is 0 Å². The van der Waals surface area contributed by atoms with Gasteiger partial charge in [0.25, 0.3) is 10.0 Å². The molecule has 2 rings (SSSR count). The summed E-state index contributed by atoms with van der Waals surface area (Å²) >= 11 is 3.19. The highest BCUT2D eigenvalue weighted by Gasteiger charge is 2.18. The number of hydrogen-bond acceptors (Lipinski definition) is 3. The van der Waals surface area contributed by atoms with Crippen LogP contribution < -0.4 is 4.72 Å². The molecular weight excluding hydrogens is 335 g/mol. The lowest BCUT2D eigenvalue weighted by molar-refractivity contribution is 0.594. The van der Waals surface area contributed by atoms with Crippen LogP contribution in [0.15, 0.2) is 46.0 Å². The zero-order chi connectivity index (χ0) is 14.0. The molecule has 0 aliphatic carbocycles. The summed E-state index contributed by atoms with van der Waals surface area (Å²) in [5, 5.41) is 0. The minimum Gasteiger partial charge on any atom is -0.278 e. The second-order valence-corrected chi connectivity index (χ2v) is 6.38. The number of anilines is 1. The molecule has 0 radical (unpaired) electrons. The van der Waals surface area contributed by atoms with E-state index in [2.05, 4.69) is 25.6 Å². The summed E-state index contributed by atoms with van der Waals surface area (Å²) in [4.78, 5) is 3.75. The van der Waals surface area contributed by atoms with Crippen LogP contribution in [-0.2, 0) is 10.0 Å². The van der Waals surface area contributed by atoms with Crippen molar-refractivity contribution in [3.8, 4) is 0 Å². The Morgan fingerprint density at radius 3 is 2.74 bits per heavy atom. The number of pyridine rings is 1. The molecule has 0 spiro atoms. The molecule has 0 fully saturated rings. The van der Waals surface area contributed by atoms with Crippen LogP contribution in [0.5, 0.6) is 0 Å². The largest absolute Gasteiger partial charge is 0.278 e. The third-order valence-corrected chi connectivity index (χ3v) is 4.60. The Hall–Kier alpha value is -1.47. The lowest BCUT2D eigenvalue weighted by atomic mass is 10.2. The molecule has 0 atom stereocenters. The van der Waals surface area contributed by atoms with Crippen molar-refractivity contribution in [3.05, 3.63) is 52.5 Å². The molecule has 0 unspecified atom stereocenters. The first kappa shape index (κ1) is 14.0. The van der Waals surface area contributed by atoms with Crippen molar-refractivity contribution < 1.29 is 12.8 Å². The van der Waals surface area contributed by atoms with Gasteiger partial charge in [0.2, 0.25) is 0 Å². The molecule has 0 saturated carbocycles. The highest BCUT2D eigenvalue weighted by Crippen LogP contribution is 2.25. The van der Waals surface area contributed by atoms with E-state index >= 15 is 0 Å². The van der Waals surface area contributed by atoms with E-state index in [-0.39, 0.29) is 4.90 Å². The predicted molar refractivity (Wildman–Crippen MR) is 73.9 cm³/mol. The zero-order valence-corrected chi connectivity index (χ0v) is 12.3. The maximum absolute atomic E-state index is 13.2. The van der Waals surface area contributed by atoms with Crippen molar-refractivity contribution in [1.82, 2.24) is 4.98 Å². The van der Waals surface area contributed by atoms with Gasteiger partial charge in [0.1, 0.15) is 5.82 Å². The van der Waals surface area contributed by atoms with Crippen molar-refractivity contribution in [2.75, 3.05) is 4.72 Å². The van der Waals surface area contributed by atoms with Gasteiger partial charge in [0.15, 0.2) is 0 Å². The number of nitrogens with zero attached hydrogens (tertiary/aromatic N) is 1. The Kier molecular flexibility index (Phi) is 3.86. The van der Waals surface area contributed by atoms with E-state index in [1.54, 1.807) is 6.92 Å². The van der Waals surface area contributed by atoms with Gasteiger partial charge >= 0.3 is 0 Å². The second-order valence-electron chi connectivity index (χ2n) is 3.87. The number of sulfonamides is 1. The monoisotopic (exact) mass is 344 g/mol. The van der Waals surface area contributed by atoms with Gasteiger partial charge in [-0.05, 0) is 46.6 Å². The third kappa shape index (κ3) is 3.10. The molecule has 1 aromatic carbocycles. The van der Waals surface area contributed by atoms with Gasteiger partial charge in [-0.2, -0.15) is 0 Å². The Morgan fingerprint density at radius 2 is 2.05 bits per heavy atom. The van der Waals surface area contributed by atoms with Crippen LogP contribution in [0.4, 0.5) is 10.1 Å². The van der Waals surface area contributed by atoms with Crippen molar-refractivity contribution in [1.29, 1.82) is 0 Å². The molecule has 7 heteroatoms. The molecule has 1 aromatic heterocycles. The van der Waals surface area contributed by atoms with Gasteiger partial charge in [0, 0.05) is 12.4 Å². The van der Waals surface area contributed by atoms with Crippen LogP contribution in [0.25, 0.3) is 0 Å². The summed E-state index contributed by atoms with van der Waals surface area (Å²) in [5.74, 6) is -0.597. The molecular formula is C12H10BrFN2O2S. The fourth-order valence-corrected chi connectivity index (χ4v) is 3.34. The summed E-state index contributed by atoms with van der Waals surface area (Å²) in [6.07, 6.45) is 2.93. The molecule has 0 amide bonds. The zero-order valence-electron chi connectivity index (χ0n) is 9.89. The van der Waals surface area contributed by atoms with E-state index in [1.165, 1.54) is 30.6 Å². The first-order valence-corrected chi connectivity index (χ1v) is 7.56. The smallest absolute Gasteiger partial charge is 0.262 e. The predicted octanol–water partition coefficient (Wildman–Crippen LogP) is 3.09. The Labute approximate surface area is 118 Å². The van der Waals surface area contributed by atoms with Gasteiger partial charge in [-0.3, -0.25) is 9.71 Å². The highest BCUT2D eigenvalue weighted by atomic mass is 79.9. The molecule has 4 nitrogen and oxygen atoms in total. The van der Waals surface area contributed by atoms with E-state index < -0.39 is 15.8 Å². The van der Waals surface area contributed by atoms with Crippen LogP contribution in [0, 0.1) is 12.7 Å². The number of halogens is 2. The number of hydrogen-bond donors (Lipinski definition) is 1. The van der Waals surface area contributed by atoms with E-state index in [4.69, 9.17) is 0 Å². The summed E-state index contributed by atoms with van der Waals surface area (Å²) in [5.41, 5.74) is 0.817. The molecule has 0 saturated heterocycles. The summed E-state index contributed by atoms with van der Waals surface area (Å²) in [6.45, 7) is 1.61. The lowest BCUT2D eigenvalue weighted by Gasteiger charge is -2.11. The molecule has 0 aliphatic rings. The molecule has 0 aliphatic heterocycles. The molecule has 0 bridgehead atoms. The van der Waals surface area contributed by atoms with Crippen LogP contribution in [0.3, 0.4) is 0 Å². The van der Waals surface area contributed by atoms with Crippen molar-refractivity contribution in [2.45, 2.75) is 11.8 Å². The summed E-state index contributed by atoms with van der Waals surface area (Å²) in [6, 6.07) is 5.14. The molecule has 1 N–H and O–H groups in total. The fourth-order valence-electron chi connectivity index (χ4n) is 1.52. The lowest BCUT2D eigenvalue weighted by Crippen LogP contribution is -2.15. The quantitative estimate of drug-likeness (QED) is 0.930. The molecule has 19 heavy (non-hydrogen) atoms. The first-order chi connectivity index (χ1) is 8.90. The molecule has 100 valence electrons. The minimum absolute atomic E-state index is 0.0868. The van der Waals surface area contributed by atoms with Crippen molar-refractivity contribution in [2.24, 2.45) is 0 Å². The second kappa shape index (κ2) is 5.26. The summed E-state index contributed by atoms with van der Waals surface area (Å²) < 4.78 is 40.5. The topological polar surface area (TPSA) is 59.1 Å². The van der Waals surface area contributed by atoms with Crippen LogP contribution in [0.1, 0.15) is 5.56 Å². The van der Waals surface area contributed by atoms with Crippen LogP contribution >= 0.6 is 15.9 Å². The van der Waals surface area contributed by atoms with E-state index in [0.717, 1.165) is 6.07 Å². The Bertz CT molecular complexity index is 719.